The fraction of sp³-hybridized carbons (Fsp3) is 0.227. The van der Waals surface area contributed by atoms with Crippen LogP contribution in [0, 0.1) is 5.82 Å². The monoisotopic (exact) mass is 408 g/mol. The molecule has 0 radical (unpaired) electrons. The van der Waals surface area contributed by atoms with E-state index in [1.165, 1.54) is 12.1 Å². The van der Waals surface area contributed by atoms with Gasteiger partial charge in [0, 0.05) is 44.0 Å². The highest BCUT2D eigenvalue weighted by molar-refractivity contribution is 5.94. The van der Waals surface area contributed by atoms with Gasteiger partial charge in [-0.3, -0.25) is 4.79 Å². The van der Waals surface area contributed by atoms with Gasteiger partial charge >= 0.3 is 0 Å². The van der Waals surface area contributed by atoms with Crippen LogP contribution in [0.4, 0.5) is 10.3 Å². The maximum absolute atomic E-state index is 13.0. The highest BCUT2D eigenvalue weighted by atomic mass is 19.1. The molecular formula is C22H21FN4O3. The van der Waals surface area contributed by atoms with Gasteiger partial charge in [0.25, 0.3) is 5.91 Å². The third kappa shape index (κ3) is 4.48. The molecule has 0 saturated carbocycles. The zero-order valence-corrected chi connectivity index (χ0v) is 16.5. The van der Waals surface area contributed by atoms with Crippen molar-refractivity contribution >= 4 is 11.9 Å². The van der Waals surface area contributed by atoms with Gasteiger partial charge in [0.2, 0.25) is 11.8 Å². The summed E-state index contributed by atoms with van der Waals surface area (Å²) in [5.74, 6) is 1.71. The molecule has 8 heteroatoms. The summed E-state index contributed by atoms with van der Waals surface area (Å²) >= 11 is 0. The predicted molar refractivity (Wildman–Crippen MR) is 110 cm³/mol. The normalized spacial score (nSPS) is 13.8. The first-order valence-corrected chi connectivity index (χ1v) is 9.57. The van der Waals surface area contributed by atoms with Crippen molar-refractivity contribution in [1.82, 2.24) is 14.9 Å². The molecule has 0 N–H and O–H groups in total. The van der Waals surface area contributed by atoms with Gasteiger partial charge in [-0.1, -0.05) is 6.07 Å². The van der Waals surface area contributed by atoms with Crippen LogP contribution in [-0.2, 0) is 0 Å². The quantitative estimate of drug-likeness (QED) is 0.645. The van der Waals surface area contributed by atoms with Crippen LogP contribution < -0.4 is 14.4 Å². The number of benzene rings is 2. The second-order valence-electron chi connectivity index (χ2n) is 6.76. The van der Waals surface area contributed by atoms with Crippen LogP contribution in [0.15, 0.2) is 60.8 Å². The number of carbonyl (C=O) groups excluding carboxylic acids is 1. The number of aromatic nitrogens is 2. The van der Waals surface area contributed by atoms with Crippen molar-refractivity contribution in [3.05, 3.63) is 72.2 Å². The average molecular weight is 408 g/mol. The molecule has 30 heavy (non-hydrogen) atoms. The van der Waals surface area contributed by atoms with Gasteiger partial charge in [0.05, 0.1) is 7.11 Å². The first-order chi connectivity index (χ1) is 14.6. The van der Waals surface area contributed by atoms with Crippen LogP contribution in [0.25, 0.3) is 0 Å². The molecule has 4 rings (SSSR count). The Labute approximate surface area is 173 Å². The molecular weight excluding hydrogens is 387 g/mol. The number of methoxy groups -OCH3 is 1. The van der Waals surface area contributed by atoms with E-state index >= 15 is 0 Å². The Bertz CT molecular complexity index is 1020. The second-order valence-corrected chi connectivity index (χ2v) is 6.76. The Morgan fingerprint density at radius 1 is 1.00 bits per heavy atom. The number of rotatable bonds is 5. The molecule has 7 nitrogen and oxygen atoms in total. The van der Waals surface area contributed by atoms with Gasteiger partial charge in [-0.05, 0) is 42.5 Å². The number of hydrogen-bond donors (Lipinski definition) is 0. The topological polar surface area (TPSA) is 67.8 Å². The third-order valence-corrected chi connectivity index (χ3v) is 4.82. The highest BCUT2D eigenvalue weighted by Crippen LogP contribution is 2.22. The van der Waals surface area contributed by atoms with Gasteiger partial charge < -0.3 is 19.3 Å². The van der Waals surface area contributed by atoms with E-state index in [1.807, 2.05) is 21.9 Å². The number of nitrogens with zero attached hydrogens (tertiary/aromatic N) is 4. The molecule has 1 aromatic heterocycles. The van der Waals surface area contributed by atoms with Gasteiger partial charge in [-0.15, -0.1) is 0 Å². The summed E-state index contributed by atoms with van der Waals surface area (Å²) in [4.78, 5) is 25.4. The molecule has 0 spiro atoms. The molecule has 1 fully saturated rings. The summed E-state index contributed by atoms with van der Waals surface area (Å²) in [5.41, 5.74) is 0.605. The first-order valence-electron chi connectivity index (χ1n) is 9.57. The smallest absolute Gasteiger partial charge is 0.254 e. The number of amides is 1. The lowest BCUT2D eigenvalue weighted by Crippen LogP contribution is -2.49. The molecule has 2 aromatic carbocycles. The van der Waals surface area contributed by atoms with E-state index in [4.69, 9.17) is 9.47 Å². The minimum Gasteiger partial charge on any atom is -0.497 e. The fourth-order valence-electron chi connectivity index (χ4n) is 3.21. The van der Waals surface area contributed by atoms with Crippen LogP contribution in [0.1, 0.15) is 10.4 Å². The summed E-state index contributed by atoms with van der Waals surface area (Å²) < 4.78 is 23.9. The molecule has 0 atom stereocenters. The van der Waals surface area contributed by atoms with Crippen LogP contribution in [-0.4, -0.2) is 54.1 Å². The van der Waals surface area contributed by atoms with Crippen molar-refractivity contribution in [3.8, 4) is 17.4 Å². The van der Waals surface area contributed by atoms with Crippen molar-refractivity contribution in [1.29, 1.82) is 0 Å². The van der Waals surface area contributed by atoms with Crippen LogP contribution in [0.3, 0.4) is 0 Å². The number of ether oxygens (including phenoxy) is 2. The van der Waals surface area contributed by atoms with E-state index in [9.17, 15) is 9.18 Å². The molecule has 1 aliphatic heterocycles. The first kappa shape index (κ1) is 19.6. The standard InChI is InChI=1S/C22H21FN4O3/c1-29-19-4-2-3-16(15-19)21(28)26-11-13-27(14-12-26)22-24-10-9-20(25-22)30-18-7-5-17(23)6-8-18/h2-10,15H,11-14H2,1H3. The van der Waals surface area contributed by atoms with Gasteiger partial charge in [0.15, 0.2) is 0 Å². The molecule has 2 heterocycles. The van der Waals surface area contributed by atoms with Crippen LogP contribution >= 0.6 is 0 Å². The zero-order chi connectivity index (χ0) is 20.9. The van der Waals surface area contributed by atoms with Crippen molar-refractivity contribution < 1.29 is 18.7 Å². The number of halogens is 1. The van der Waals surface area contributed by atoms with E-state index in [2.05, 4.69) is 9.97 Å². The Hall–Kier alpha value is -3.68. The number of piperazine rings is 1. The van der Waals surface area contributed by atoms with E-state index < -0.39 is 0 Å². The summed E-state index contributed by atoms with van der Waals surface area (Å²) in [6.07, 6.45) is 1.62. The van der Waals surface area contributed by atoms with Gasteiger partial charge in [0.1, 0.15) is 17.3 Å². The molecule has 1 saturated heterocycles. The lowest BCUT2D eigenvalue weighted by Gasteiger charge is -2.34. The number of carbonyl (C=O) groups is 1. The van der Waals surface area contributed by atoms with Crippen molar-refractivity contribution in [2.75, 3.05) is 38.2 Å². The highest BCUT2D eigenvalue weighted by Gasteiger charge is 2.24. The summed E-state index contributed by atoms with van der Waals surface area (Å²) in [6.45, 7) is 2.33. The summed E-state index contributed by atoms with van der Waals surface area (Å²) in [6, 6.07) is 14.5. The van der Waals surface area contributed by atoms with E-state index in [-0.39, 0.29) is 11.7 Å². The SMILES string of the molecule is COc1cccc(C(=O)N2CCN(c3nccc(Oc4ccc(F)cc4)n3)CC2)c1. The van der Waals surface area contributed by atoms with Crippen LogP contribution in [0.2, 0.25) is 0 Å². The van der Waals surface area contributed by atoms with E-state index in [1.54, 1.807) is 43.6 Å². The zero-order valence-electron chi connectivity index (χ0n) is 16.5. The van der Waals surface area contributed by atoms with Gasteiger partial charge in [-0.2, -0.15) is 4.98 Å². The Morgan fingerprint density at radius 3 is 2.50 bits per heavy atom. The van der Waals surface area contributed by atoms with E-state index in [0.717, 1.165) is 0 Å². The average Bonchev–Trinajstić information content (AvgIpc) is 2.80. The van der Waals surface area contributed by atoms with E-state index in [0.29, 0.717) is 55.1 Å². The molecule has 0 bridgehead atoms. The molecule has 0 aliphatic carbocycles. The lowest BCUT2D eigenvalue weighted by atomic mass is 10.1. The maximum Gasteiger partial charge on any atom is 0.254 e. The maximum atomic E-state index is 13.0. The number of hydrogen-bond acceptors (Lipinski definition) is 6. The molecule has 3 aromatic rings. The Balaban J connectivity index is 1.39. The fourth-order valence-corrected chi connectivity index (χ4v) is 3.21. The molecule has 1 aliphatic rings. The minimum absolute atomic E-state index is 0.0251. The van der Waals surface area contributed by atoms with Crippen molar-refractivity contribution in [2.45, 2.75) is 0 Å². The predicted octanol–water partition coefficient (Wildman–Crippen LogP) is 3.38. The van der Waals surface area contributed by atoms with Crippen molar-refractivity contribution in [3.63, 3.8) is 0 Å². The van der Waals surface area contributed by atoms with Gasteiger partial charge in [-0.25, -0.2) is 9.37 Å². The Morgan fingerprint density at radius 2 is 1.77 bits per heavy atom. The summed E-state index contributed by atoms with van der Waals surface area (Å²) in [5, 5.41) is 0. The van der Waals surface area contributed by atoms with Crippen molar-refractivity contribution in [2.24, 2.45) is 0 Å². The summed E-state index contributed by atoms with van der Waals surface area (Å²) in [7, 11) is 1.58. The Kier molecular flexibility index (Phi) is 5.74. The number of anilines is 1. The second kappa shape index (κ2) is 8.77. The molecule has 1 amide bonds. The molecule has 154 valence electrons. The third-order valence-electron chi connectivity index (χ3n) is 4.82. The largest absolute Gasteiger partial charge is 0.497 e. The minimum atomic E-state index is -0.327. The molecule has 0 unspecified atom stereocenters. The van der Waals surface area contributed by atoms with Crippen LogP contribution in [0.5, 0.6) is 17.4 Å². The lowest BCUT2D eigenvalue weighted by molar-refractivity contribution is 0.0746.